The van der Waals surface area contributed by atoms with E-state index in [1.165, 1.54) is 36.8 Å². The molecule has 4 unspecified atom stereocenters. The van der Waals surface area contributed by atoms with Gasteiger partial charge in [0.05, 0.1) is 25.2 Å². The molecular weight excluding hydrogens is 516 g/mol. The van der Waals surface area contributed by atoms with Crippen LogP contribution in [0.5, 0.6) is 5.75 Å². The highest BCUT2D eigenvalue weighted by Crippen LogP contribution is 2.12. The average molecular weight is 547 g/mol. The van der Waals surface area contributed by atoms with Crippen molar-refractivity contribution in [2.24, 2.45) is 17.2 Å². The topological polar surface area (TPSA) is 286 Å². The monoisotopic (exact) mass is 546 g/mol. The van der Waals surface area contributed by atoms with Crippen molar-refractivity contribution in [2.75, 3.05) is 0 Å². The molecule has 0 spiro atoms. The number of carbonyl (C=O) groups is 6. The van der Waals surface area contributed by atoms with Crippen LogP contribution in [0, 0.1) is 0 Å². The number of aromatic nitrogens is 2. The van der Waals surface area contributed by atoms with Crippen LogP contribution < -0.4 is 33.2 Å². The molecule has 1 heterocycles. The highest BCUT2D eigenvalue weighted by molar-refractivity contribution is 5.96. The highest BCUT2D eigenvalue weighted by atomic mass is 16.4. The van der Waals surface area contributed by atoms with Gasteiger partial charge in [-0.3, -0.25) is 24.0 Å². The van der Waals surface area contributed by atoms with Crippen LogP contribution in [0.2, 0.25) is 0 Å². The van der Waals surface area contributed by atoms with Crippen LogP contribution in [0.4, 0.5) is 0 Å². The van der Waals surface area contributed by atoms with Crippen molar-refractivity contribution in [3.63, 3.8) is 0 Å². The minimum atomic E-state index is -1.73. The Kier molecular flexibility index (Phi) is 10.9. The summed E-state index contributed by atoms with van der Waals surface area (Å²) in [6, 6.07) is -0.0521. The Morgan fingerprint density at radius 2 is 1.36 bits per heavy atom. The molecular formula is C23H30N8O8. The lowest BCUT2D eigenvalue weighted by atomic mass is 10.0. The van der Waals surface area contributed by atoms with Crippen LogP contribution in [0.1, 0.15) is 24.1 Å². The van der Waals surface area contributed by atoms with Crippen molar-refractivity contribution in [3.05, 3.63) is 48.0 Å². The zero-order valence-electron chi connectivity index (χ0n) is 20.6. The number of phenols is 1. The molecule has 0 saturated heterocycles. The van der Waals surface area contributed by atoms with Gasteiger partial charge in [-0.05, 0) is 17.7 Å². The summed E-state index contributed by atoms with van der Waals surface area (Å²) in [5, 5.41) is 25.6. The molecule has 0 bridgehead atoms. The molecule has 0 aliphatic rings. The number of carboxylic acid groups (broad SMARTS) is 1. The largest absolute Gasteiger partial charge is 0.508 e. The number of carbonyl (C=O) groups excluding carboxylic acids is 5. The second-order valence-electron chi connectivity index (χ2n) is 8.62. The Bertz CT molecular complexity index is 1190. The Morgan fingerprint density at radius 1 is 0.821 bits per heavy atom. The van der Waals surface area contributed by atoms with Crippen molar-refractivity contribution in [1.29, 1.82) is 0 Å². The number of aliphatic carboxylic acids is 1. The lowest BCUT2D eigenvalue weighted by Gasteiger charge is -2.24. The number of benzene rings is 1. The van der Waals surface area contributed by atoms with Crippen molar-refractivity contribution in [3.8, 4) is 5.75 Å². The number of nitrogens with two attached hydrogens (primary N) is 3. The van der Waals surface area contributed by atoms with Gasteiger partial charge in [0.2, 0.25) is 29.5 Å². The summed E-state index contributed by atoms with van der Waals surface area (Å²) >= 11 is 0. The maximum absolute atomic E-state index is 13.2. The van der Waals surface area contributed by atoms with E-state index in [1.807, 2.05) is 5.32 Å². The number of aromatic hydroxyl groups is 1. The molecule has 2 rings (SSSR count). The number of phenolic OH excluding ortho intramolecular Hbond substituents is 1. The van der Waals surface area contributed by atoms with Gasteiger partial charge in [0.1, 0.15) is 23.9 Å². The maximum Gasteiger partial charge on any atom is 0.326 e. The first-order chi connectivity index (χ1) is 18.3. The van der Waals surface area contributed by atoms with Crippen molar-refractivity contribution in [2.45, 2.75) is 49.9 Å². The van der Waals surface area contributed by atoms with E-state index in [1.54, 1.807) is 0 Å². The number of imidazole rings is 1. The quantitative estimate of drug-likeness (QED) is 0.106. The van der Waals surface area contributed by atoms with Gasteiger partial charge in [0.25, 0.3) is 0 Å². The maximum atomic E-state index is 13.2. The number of amides is 5. The molecule has 4 atom stereocenters. The lowest BCUT2D eigenvalue weighted by molar-refractivity contribution is -0.144. The summed E-state index contributed by atoms with van der Waals surface area (Å²) in [6.45, 7) is 0. The zero-order valence-corrected chi connectivity index (χ0v) is 20.6. The third-order valence-corrected chi connectivity index (χ3v) is 5.40. The first kappa shape index (κ1) is 30.2. The lowest BCUT2D eigenvalue weighted by Crippen LogP contribution is -2.58. The number of aromatic amines is 1. The van der Waals surface area contributed by atoms with E-state index in [0.717, 1.165) is 0 Å². The predicted octanol–water partition coefficient (Wildman–Crippen LogP) is -3.48. The fraction of sp³-hybridized carbons (Fsp3) is 0.348. The third-order valence-electron chi connectivity index (χ3n) is 5.40. The number of hydrogen-bond acceptors (Lipinski definition) is 9. The molecule has 210 valence electrons. The Balaban J connectivity index is 2.23. The van der Waals surface area contributed by atoms with Gasteiger partial charge in [-0.15, -0.1) is 0 Å². The van der Waals surface area contributed by atoms with E-state index in [2.05, 4.69) is 20.6 Å². The van der Waals surface area contributed by atoms with Crippen LogP contribution in [0.25, 0.3) is 0 Å². The van der Waals surface area contributed by atoms with E-state index in [-0.39, 0.29) is 18.6 Å². The number of H-pyrrole nitrogens is 1. The molecule has 0 aliphatic carbocycles. The summed E-state index contributed by atoms with van der Waals surface area (Å²) in [5.41, 5.74) is 17.3. The van der Waals surface area contributed by atoms with Crippen molar-refractivity contribution in [1.82, 2.24) is 25.9 Å². The molecule has 16 heteroatoms. The Labute approximate surface area is 221 Å². The van der Waals surface area contributed by atoms with Crippen molar-refractivity contribution < 1.29 is 39.0 Å². The predicted molar refractivity (Wildman–Crippen MR) is 133 cm³/mol. The van der Waals surface area contributed by atoms with Gasteiger partial charge in [-0.2, -0.15) is 0 Å². The smallest absolute Gasteiger partial charge is 0.326 e. The normalized spacial score (nSPS) is 13.8. The second kappa shape index (κ2) is 14.1. The SMILES string of the molecule is NC(=O)CC(NC(=O)C(CC(N)=O)NC(=O)C(Cc1ccc(O)cc1)NC(=O)C(N)Cc1cnc[nH]1)C(=O)O. The zero-order chi connectivity index (χ0) is 29.1. The Hall–Kier alpha value is -4.99. The summed E-state index contributed by atoms with van der Waals surface area (Å²) in [4.78, 5) is 79.5. The van der Waals surface area contributed by atoms with Crippen LogP contribution in [0.3, 0.4) is 0 Å². The molecule has 16 nitrogen and oxygen atoms in total. The number of rotatable bonds is 15. The minimum absolute atomic E-state index is 0.0347. The number of hydrogen-bond donors (Lipinski definition) is 9. The number of primary amides is 2. The molecule has 1 aromatic carbocycles. The Morgan fingerprint density at radius 3 is 1.90 bits per heavy atom. The van der Waals surface area contributed by atoms with Crippen LogP contribution in [0.15, 0.2) is 36.8 Å². The van der Waals surface area contributed by atoms with Gasteiger partial charge < -0.3 is 48.3 Å². The minimum Gasteiger partial charge on any atom is -0.508 e. The van der Waals surface area contributed by atoms with Gasteiger partial charge >= 0.3 is 5.97 Å². The second-order valence-corrected chi connectivity index (χ2v) is 8.62. The molecule has 0 aliphatic heterocycles. The fourth-order valence-corrected chi connectivity index (χ4v) is 3.44. The first-order valence-electron chi connectivity index (χ1n) is 11.6. The van der Waals surface area contributed by atoms with Crippen LogP contribution in [-0.2, 0) is 41.6 Å². The summed E-state index contributed by atoms with van der Waals surface area (Å²) < 4.78 is 0. The third kappa shape index (κ3) is 10.1. The van der Waals surface area contributed by atoms with E-state index in [9.17, 15) is 39.0 Å². The van der Waals surface area contributed by atoms with E-state index in [4.69, 9.17) is 17.2 Å². The highest BCUT2D eigenvalue weighted by Gasteiger charge is 2.32. The van der Waals surface area contributed by atoms with Gasteiger partial charge in [0.15, 0.2) is 0 Å². The van der Waals surface area contributed by atoms with Gasteiger partial charge in [-0.25, -0.2) is 9.78 Å². The molecule has 5 amide bonds. The summed E-state index contributed by atoms with van der Waals surface area (Å²) in [6.07, 6.45) is 1.37. The standard InChI is InChI=1S/C23H30N8O8/c24-14(6-12-9-27-10-28-12)20(35)29-15(5-11-1-3-13(32)4-2-11)21(36)30-16(7-18(25)33)22(37)31-17(23(38)39)8-19(26)34/h1-4,9-10,14-17,32H,5-8,24H2,(H2,25,33)(H2,26,34)(H,27,28)(H,29,35)(H,30,36)(H,31,37)(H,38,39). The molecule has 12 N–H and O–H groups in total. The van der Waals surface area contributed by atoms with Crippen LogP contribution in [-0.4, -0.2) is 79.9 Å². The van der Waals surface area contributed by atoms with Crippen LogP contribution >= 0.6 is 0 Å². The number of nitrogens with one attached hydrogen (secondary N) is 4. The molecule has 39 heavy (non-hydrogen) atoms. The van der Waals surface area contributed by atoms with Gasteiger partial charge in [-0.1, -0.05) is 12.1 Å². The number of carboxylic acids is 1. The number of nitrogens with zero attached hydrogens (tertiary/aromatic N) is 1. The fourth-order valence-electron chi connectivity index (χ4n) is 3.44. The van der Waals surface area contributed by atoms with E-state index in [0.29, 0.717) is 11.3 Å². The summed E-state index contributed by atoms with van der Waals surface area (Å²) in [7, 11) is 0. The first-order valence-corrected chi connectivity index (χ1v) is 11.6. The summed E-state index contributed by atoms with van der Waals surface area (Å²) in [5.74, 6) is -6.39. The average Bonchev–Trinajstić information content (AvgIpc) is 3.36. The molecule has 0 fully saturated rings. The van der Waals surface area contributed by atoms with Crippen molar-refractivity contribution >= 4 is 35.5 Å². The molecule has 0 radical (unpaired) electrons. The van der Waals surface area contributed by atoms with E-state index >= 15 is 0 Å². The molecule has 1 aromatic heterocycles. The van der Waals surface area contributed by atoms with Gasteiger partial charge in [0, 0.05) is 24.7 Å². The molecule has 2 aromatic rings. The molecule has 0 saturated carbocycles. The van der Waals surface area contributed by atoms with E-state index < -0.39 is 72.5 Å².